The Morgan fingerprint density at radius 2 is 2.12 bits per heavy atom. The summed E-state index contributed by atoms with van der Waals surface area (Å²) in [6, 6.07) is 9.31. The van der Waals surface area contributed by atoms with Crippen LogP contribution in [0.25, 0.3) is 0 Å². The summed E-state index contributed by atoms with van der Waals surface area (Å²) in [5, 5.41) is 12.4. The summed E-state index contributed by atoms with van der Waals surface area (Å²) in [5.74, 6) is -0.117. The number of carboxylic acids is 1. The van der Waals surface area contributed by atoms with Gasteiger partial charge in [0.15, 0.2) is 5.54 Å². The zero-order valence-electron chi connectivity index (χ0n) is 9.69. The van der Waals surface area contributed by atoms with Crippen LogP contribution in [0.1, 0.15) is 19.3 Å². The molecule has 1 saturated heterocycles. The SMILES string of the molecule is O=C(O)C1(COc2ccccc2)CCCCN1. The summed E-state index contributed by atoms with van der Waals surface area (Å²) in [6.07, 6.45) is 2.58. The first-order chi connectivity index (χ1) is 8.23. The number of nitrogens with one attached hydrogen (secondary N) is 1. The summed E-state index contributed by atoms with van der Waals surface area (Å²) >= 11 is 0. The molecule has 1 unspecified atom stereocenters. The van der Waals surface area contributed by atoms with E-state index in [9.17, 15) is 9.90 Å². The first-order valence-corrected chi connectivity index (χ1v) is 5.89. The second-order valence-corrected chi connectivity index (χ2v) is 4.37. The molecule has 0 amide bonds. The van der Waals surface area contributed by atoms with Gasteiger partial charge in [0.25, 0.3) is 0 Å². The van der Waals surface area contributed by atoms with E-state index in [1.54, 1.807) is 0 Å². The van der Waals surface area contributed by atoms with Gasteiger partial charge in [-0.15, -0.1) is 0 Å². The van der Waals surface area contributed by atoms with Crippen LogP contribution in [0.2, 0.25) is 0 Å². The van der Waals surface area contributed by atoms with E-state index < -0.39 is 11.5 Å². The van der Waals surface area contributed by atoms with Crippen LogP contribution in [0.15, 0.2) is 30.3 Å². The van der Waals surface area contributed by atoms with Crippen molar-refractivity contribution >= 4 is 5.97 Å². The average molecular weight is 235 g/mol. The van der Waals surface area contributed by atoms with Gasteiger partial charge in [-0.05, 0) is 37.9 Å². The van der Waals surface area contributed by atoms with Crippen LogP contribution in [0.3, 0.4) is 0 Å². The third kappa shape index (κ3) is 2.77. The van der Waals surface area contributed by atoms with Gasteiger partial charge in [-0.1, -0.05) is 18.2 Å². The number of carbonyl (C=O) groups is 1. The molecule has 17 heavy (non-hydrogen) atoms. The molecule has 0 spiro atoms. The molecule has 1 aromatic carbocycles. The number of para-hydroxylation sites is 1. The third-order valence-corrected chi connectivity index (χ3v) is 3.13. The van der Waals surface area contributed by atoms with Gasteiger partial charge in [-0.3, -0.25) is 10.1 Å². The first kappa shape index (κ1) is 11.9. The van der Waals surface area contributed by atoms with E-state index in [4.69, 9.17) is 4.74 Å². The zero-order chi connectivity index (χ0) is 12.1. The largest absolute Gasteiger partial charge is 0.491 e. The lowest BCUT2D eigenvalue weighted by molar-refractivity contribution is -0.147. The number of rotatable bonds is 4. The minimum Gasteiger partial charge on any atom is -0.491 e. The lowest BCUT2D eigenvalue weighted by Crippen LogP contribution is -2.58. The molecule has 1 heterocycles. The molecule has 2 rings (SSSR count). The summed E-state index contributed by atoms with van der Waals surface area (Å²) < 4.78 is 5.57. The van der Waals surface area contributed by atoms with Crippen LogP contribution in [0.4, 0.5) is 0 Å². The normalized spacial score (nSPS) is 24.2. The summed E-state index contributed by atoms with van der Waals surface area (Å²) in [5.41, 5.74) is -0.923. The maximum atomic E-state index is 11.4. The second kappa shape index (κ2) is 5.19. The number of hydrogen-bond donors (Lipinski definition) is 2. The quantitative estimate of drug-likeness (QED) is 0.833. The molecule has 1 fully saturated rings. The van der Waals surface area contributed by atoms with Gasteiger partial charge in [0.1, 0.15) is 12.4 Å². The summed E-state index contributed by atoms with van der Waals surface area (Å²) in [4.78, 5) is 11.4. The Bertz CT molecular complexity index is 372. The maximum absolute atomic E-state index is 11.4. The first-order valence-electron chi connectivity index (χ1n) is 5.89. The van der Waals surface area contributed by atoms with Crippen LogP contribution in [0.5, 0.6) is 5.75 Å². The van der Waals surface area contributed by atoms with Crippen molar-refractivity contribution in [2.75, 3.05) is 13.2 Å². The highest BCUT2D eigenvalue weighted by Crippen LogP contribution is 2.21. The van der Waals surface area contributed by atoms with Crippen LogP contribution >= 0.6 is 0 Å². The Morgan fingerprint density at radius 1 is 1.35 bits per heavy atom. The molecular formula is C13H17NO3. The number of benzene rings is 1. The Hall–Kier alpha value is -1.55. The smallest absolute Gasteiger partial charge is 0.327 e. The number of carboxylic acid groups (broad SMARTS) is 1. The minimum absolute atomic E-state index is 0.173. The highest BCUT2D eigenvalue weighted by atomic mass is 16.5. The van der Waals surface area contributed by atoms with Gasteiger partial charge in [0, 0.05) is 0 Å². The number of aliphatic carboxylic acids is 1. The predicted octanol–water partition coefficient (Wildman–Crippen LogP) is 1.66. The molecule has 0 aromatic heterocycles. The summed E-state index contributed by atoms with van der Waals surface area (Å²) in [6.45, 7) is 0.913. The van der Waals surface area contributed by atoms with Crippen molar-refractivity contribution in [3.63, 3.8) is 0 Å². The molecule has 1 aromatic rings. The Morgan fingerprint density at radius 3 is 2.71 bits per heavy atom. The van der Waals surface area contributed by atoms with Crippen molar-refractivity contribution in [2.45, 2.75) is 24.8 Å². The standard InChI is InChI=1S/C13H17NO3/c15-12(16)13(8-4-5-9-14-13)10-17-11-6-2-1-3-7-11/h1-3,6-7,14H,4-5,8-10H2,(H,15,16). The fourth-order valence-electron chi connectivity index (χ4n) is 2.06. The molecule has 1 aliphatic rings. The van der Waals surface area contributed by atoms with E-state index in [2.05, 4.69) is 5.32 Å². The Kier molecular flexibility index (Phi) is 3.64. The average Bonchev–Trinajstić information content (AvgIpc) is 2.38. The molecule has 4 heteroatoms. The highest BCUT2D eigenvalue weighted by molar-refractivity contribution is 5.79. The molecule has 0 saturated carbocycles. The van der Waals surface area contributed by atoms with E-state index in [0.717, 1.165) is 19.4 Å². The predicted molar refractivity (Wildman–Crippen MR) is 64.2 cm³/mol. The van der Waals surface area contributed by atoms with Crippen LogP contribution in [-0.4, -0.2) is 29.8 Å². The van der Waals surface area contributed by atoms with Crippen LogP contribution in [-0.2, 0) is 4.79 Å². The molecule has 1 aliphatic heterocycles. The maximum Gasteiger partial charge on any atom is 0.327 e. The Balaban J connectivity index is 2.01. The fourth-order valence-corrected chi connectivity index (χ4v) is 2.06. The van der Waals surface area contributed by atoms with E-state index in [1.807, 2.05) is 30.3 Å². The fraction of sp³-hybridized carbons (Fsp3) is 0.462. The third-order valence-electron chi connectivity index (χ3n) is 3.13. The minimum atomic E-state index is -0.923. The van der Waals surface area contributed by atoms with Crippen molar-refractivity contribution in [3.8, 4) is 5.75 Å². The molecule has 0 radical (unpaired) electrons. The van der Waals surface area contributed by atoms with Crippen molar-refractivity contribution in [1.82, 2.24) is 5.32 Å². The monoisotopic (exact) mass is 235 g/mol. The van der Waals surface area contributed by atoms with Gasteiger partial charge in [0.05, 0.1) is 0 Å². The number of piperidine rings is 1. The zero-order valence-corrected chi connectivity index (χ0v) is 9.69. The summed E-state index contributed by atoms with van der Waals surface area (Å²) in [7, 11) is 0. The molecule has 4 nitrogen and oxygen atoms in total. The molecule has 2 N–H and O–H groups in total. The van der Waals surface area contributed by atoms with Crippen molar-refractivity contribution in [1.29, 1.82) is 0 Å². The molecule has 1 atom stereocenters. The second-order valence-electron chi connectivity index (χ2n) is 4.37. The molecular weight excluding hydrogens is 218 g/mol. The van der Waals surface area contributed by atoms with Gasteiger partial charge in [0.2, 0.25) is 0 Å². The number of ether oxygens (including phenoxy) is 1. The van der Waals surface area contributed by atoms with Gasteiger partial charge >= 0.3 is 5.97 Å². The topological polar surface area (TPSA) is 58.6 Å². The molecule has 0 aliphatic carbocycles. The van der Waals surface area contributed by atoms with Crippen LogP contribution < -0.4 is 10.1 Å². The van der Waals surface area contributed by atoms with Gasteiger partial charge in [-0.25, -0.2) is 0 Å². The van der Waals surface area contributed by atoms with Gasteiger partial charge < -0.3 is 9.84 Å². The van der Waals surface area contributed by atoms with E-state index in [-0.39, 0.29) is 6.61 Å². The lowest BCUT2D eigenvalue weighted by Gasteiger charge is -2.34. The van der Waals surface area contributed by atoms with E-state index >= 15 is 0 Å². The highest BCUT2D eigenvalue weighted by Gasteiger charge is 2.40. The van der Waals surface area contributed by atoms with Crippen LogP contribution in [0, 0.1) is 0 Å². The van der Waals surface area contributed by atoms with Crippen molar-refractivity contribution < 1.29 is 14.6 Å². The molecule has 0 bridgehead atoms. The van der Waals surface area contributed by atoms with Crippen molar-refractivity contribution in [3.05, 3.63) is 30.3 Å². The lowest BCUT2D eigenvalue weighted by atomic mass is 9.90. The molecule has 92 valence electrons. The van der Waals surface area contributed by atoms with Crippen molar-refractivity contribution in [2.24, 2.45) is 0 Å². The van der Waals surface area contributed by atoms with Gasteiger partial charge in [-0.2, -0.15) is 0 Å². The van der Waals surface area contributed by atoms with E-state index in [0.29, 0.717) is 12.2 Å². The Labute approximate surface area is 101 Å². The van der Waals surface area contributed by atoms with E-state index in [1.165, 1.54) is 0 Å². The number of hydrogen-bond acceptors (Lipinski definition) is 3.